The van der Waals surface area contributed by atoms with Crippen molar-refractivity contribution in [1.29, 1.82) is 0 Å². The lowest BCUT2D eigenvalue weighted by Gasteiger charge is -2.11. The standard InChI is InChI=1S/C18H20N2O/c1-5-21-17-9-13(3)15(8-14(17)4)16-11-20-10-12(2)6-7-18(20)19-16/h6-11H,5H2,1-4H3. The van der Waals surface area contributed by atoms with Crippen LogP contribution in [0.2, 0.25) is 0 Å². The van der Waals surface area contributed by atoms with Crippen molar-refractivity contribution in [2.24, 2.45) is 0 Å². The number of imidazole rings is 1. The van der Waals surface area contributed by atoms with E-state index < -0.39 is 0 Å². The highest BCUT2D eigenvalue weighted by molar-refractivity contribution is 5.68. The van der Waals surface area contributed by atoms with Gasteiger partial charge in [-0.2, -0.15) is 0 Å². The van der Waals surface area contributed by atoms with E-state index in [1.165, 1.54) is 11.1 Å². The fourth-order valence-electron chi connectivity index (χ4n) is 2.61. The molecule has 3 rings (SSSR count). The van der Waals surface area contributed by atoms with Crippen LogP contribution in [0, 0.1) is 20.8 Å². The molecule has 1 aromatic carbocycles. The Morgan fingerprint density at radius 2 is 1.86 bits per heavy atom. The van der Waals surface area contributed by atoms with Gasteiger partial charge in [-0.05, 0) is 62.6 Å². The van der Waals surface area contributed by atoms with Crippen LogP contribution in [0.3, 0.4) is 0 Å². The predicted molar refractivity (Wildman–Crippen MR) is 86.0 cm³/mol. The van der Waals surface area contributed by atoms with Gasteiger partial charge in [-0.15, -0.1) is 0 Å². The highest BCUT2D eigenvalue weighted by Gasteiger charge is 2.10. The number of benzene rings is 1. The average Bonchev–Trinajstić information content (AvgIpc) is 2.85. The summed E-state index contributed by atoms with van der Waals surface area (Å²) in [6, 6.07) is 8.40. The van der Waals surface area contributed by atoms with Crippen molar-refractivity contribution in [2.75, 3.05) is 6.61 Å². The Bertz CT molecular complexity index is 802. The minimum absolute atomic E-state index is 0.688. The summed E-state index contributed by atoms with van der Waals surface area (Å²) in [6.07, 6.45) is 4.19. The molecule has 0 aliphatic rings. The summed E-state index contributed by atoms with van der Waals surface area (Å²) in [6.45, 7) is 8.96. The Morgan fingerprint density at radius 1 is 1.05 bits per heavy atom. The molecule has 0 unspecified atom stereocenters. The third-order valence-corrected chi connectivity index (χ3v) is 3.70. The quantitative estimate of drug-likeness (QED) is 0.714. The minimum atomic E-state index is 0.688. The van der Waals surface area contributed by atoms with Crippen molar-refractivity contribution >= 4 is 5.65 Å². The van der Waals surface area contributed by atoms with Gasteiger partial charge in [-0.25, -0.2) is 4.98 Å². The van der Waals surface area contributed by atoms with E-state index >= 15 is 0 Å². The summed E-state index contributed by atoms with van der Waals surface area (Å²) in [4.78, 5) is 4.72. The first-order valence-corrected chi connectivity index (χ1v) is 7.28. The molecule has 0 N–H and O–H groups in total. The second kappa shape index (κ2) is 5.24. The van der Waals surface area contributed by atoms with Gasteiger partial charge in [0.25, 0.3) is 0 Å². The predicted octanol–water partition coefficient (Wildman–Crippen LogP) is 4.33. The first kappa shape index (κ1) is 13.7. The molecule has 0 saturated carbocycles. The molecule has 0 bridgehead atoms. The van der Waals surface area contributed by atoms with Crippen LogP contribution in [0.1, 0.15) is 23.6 Å². The van der Waals surface area contributed by atoms with E-state index in [9.17, 15) is 0 Å². The van der Waals surface area contributed by atoms with Gasteiger partial charge in [0, 0.05) is 18.0 Å². The number of aromatic nitrogens is 2. The van der Waals surface area contributed by atoms with E-state index in [4.69, 9.17) is 9.72 Å². The van der Waals surface area contributed by atoms with Crippen molar-refractivity contribution in [2.45, 2.75) is 27.7 Å². The fourth-order valence-corrected chi connectivity index (χ4v) is 2.61. The van der Waals surface area contributed by atoms with Crippen LogP contribution in [0.15, 0.2) is 36.7 Å². The molecule has 21 heavy (non-hydrogen) atoms. The smallest absolute Gasteiger partial charge is 0.137 e. The SMILES string of the molecule is CCOc1cc(C)c(-c2cn3cc(C)ccc3n2)cc1C. The fraction of sp³-hybridized carbons (Fsp3) is 0.278. The molecule has 0 aliphatic heterocycles. The molecule has 0 saturated heterocycles. The average molecular weight is 280 g/mol. The molecule has 0 amide bonds. The first-order chi connectivity index (χ1) is 10.1. The number of pyridine rings is 1. The molecule has 3 nitrogen and oxygen atoms in total. The van der Waals surface area contributed by atoms with Crippen LogP contribution >= 0.6 is 0 Å². The van der Waals surface area contributed by atoms with Gasteiger partial charge < -0.3 is 9.14 Å². The zero-order valence-corrected chi connectivity index (χ0v) is 13.0. The summed E-state index contributed by atoms with van der Waals surface area (Å²) in [5.41, 5.74) is 6.70. The molecule has 0 radical (unpaired) electrons. The summed E-state index contributed by atoms with van der Waals surface area (Å²) in [5.74, 6) is 0.957. The van der Waals surface area contributed by atoms with Crippen LogP contribution in [0.25, 0.3) is 16.9 Å². The lowest BCUT2D eigenvalue weighted by molar-refractivity contribution is 0.337. The van der Waals surface area contributed by atoms with Crippen molar-refractivity contribution in [3.63, 3.8) is 0 Å². The van der Waals surface area contributed by atoms with E-state index in [1.54, 1.807) is 0 Å². The third-order valence-electron chi connectivity index (χ3n) is 3.70. The van der Waals surface area contributed by atoms with Gasteiger partial charge in [-0.1, -0.05) is 6.07 Å². The third kappa shape index (κ3) is 2.51. The molecular formula is C18H20N2O. The number of nitrogens with zero attached hydrogens (tertiary/aromatic N) is 2. The topological polar surface area (TPSA) is 26.5 Å². The number of hydrogen-bond donors (Lipinski definition) is 0. The summed E-state index contributed by atoms with van der Waals surface area (Å²) >= 11 is 0. The van der Waals surface area contributed by atoms with Gasteiger partial charge >= 0.3 is 0 Å². The zero-order valence-electron chi connectivity index (χ0n) is 13.0. The van der Waals surface area contributed by atoms with Crippen LogP contribution in [-0.2, 0) is 0 Å². The summed E-state index contributed by atoms with van der Waals surface area (Å²) in [5, 5.41) is 0. The van der Waals surface area contributed by atoms with Crippen LogP contribution in [0.5, 0.6) is 5.75 Å². The number of aryl methyl sites for hydroxylation is 3. The van der Waals surface area contributed by atoms with Crippen molar-refractivity contribution in [1.82, 2.24) is 9.38 Å². The Kier molecular flexibility index (Phi) is 3.42. The lowest BCUT2D eigenvalue weighted by atomic mass is 10.0. The Labute approximate surface area is 125 Å². The molecule has 3 aromatic rings. The molecular weight excluding hydrogens is 260 g/mol. The molecule has 0 fully saturated rings. The van der Waals surface area contributed by atoms with Crippen molar-refractivity contribution in [3.05, 3.63) is 53.3 Å². The van der Waals surface area contributed by atoms with Crippen LogP contribution < -0.4 is 4.74 Å². The van der Waals surface area contributed by atoms with Crippen molar-refractivity contribution in [3.8, 4) is 17.0 Å². The lowest BCUT2D eigenvalue weighted by Crippen LogP contribution is -1.96. The molecule has 0 atom stereocenters. The second-order valence-electron chi connectivity index (χ2n) is 5.46. The van der Waals surface area contributed by atoms with Crippen LogP contribution in [0.4, 0.5) is 0 Å². The Hall–Kier alpha value is -2.29. The zero-order chi connectivity index (χ0) is 15.0. The molecule has 108 valence electrons. The summed E-state index contributed by atoms with van der Waals surface area (Å²) in [7, 11) is 0. The number of hydrogen-bond acceptors (Lipinski definition) is 2. The monoisotopic (exact) mass is 280 g/mol. The van der Waals surface area contributed by atoms with Gasteiger partial charge in [0.15, 0.2) is 0 Å². The van der Waals surface area contributed by atoms with E-state index in [0.717, 1.165) is 28.2 Å². The molecule has 2 heterocycles. The summed E-state index contributed by atoms with van der Waals surface area (Å²) < 4.78 is 7.74. The van der Waals surface area contributed by atoms with E-state index in [2.05, 4.69) is 61.8 Å². The Morgan fingerprint density at radius 3 is 2.62 bits per heavy atom. The normalized spacial score (nSPS) is 11.0. The van der Waals surface area contributed by atoms with E-state index in [1.807, 2.05) is 6.92 Å². The number of ether oxygens (including phenoxy) is 1. The maximum Gasteiger partial charge on any atom is 0.137 e. The van der Waals surface area contributed by atoms with Crippen LogP contribution in [-0.4, -0.2) is 16.0 Å². The molecule has 2 aromatic heterocycles. The van der Waals surface area contributed by atoms with Gasteiger partial charge in [0.2, 0.25) is 0 Å². The Balaban J connectivity index is 2.11. The maximum atomic E-state index is 5.66. The molecule has 3 heteroatoms. The van der Waals surface area contributed by atoms with Crippen molar-refractivity contribution < 1.29 is 4.74 Å². The van der Waals surface area contributed by atoms with Gasteiger partial charge in [0.05, 0.1) is 12.3 Å². The minimum Gasteiger partial charge on any atom is -0.494 e. The molecule has 0 aliphatic carbocycles. The molecule has 0 spiro atoms. The number of rotatable bonds is 3. The highest BCUT2D eigenvalue weighted by Crippen LogP contribution is 2.30. The first-order valence-electron chi connectivity index (χ1n) is 7.28. The van der Waals surface area contributed by atoms with Gasteiger partial charge in [-0.3, -0.25) is 0 Å². The largest absolute Gasteiger partial charge is 0.494 e. The van der Waals surface area contributed by atoms with E-state index in [0.29, 0.717) is 6.61 Å². The highest BCUT2D eigenvalue weighted by atomic mass is 16.5. The number of fused-ring (bicyclic) bond motifs is 1. The van der Waals surface area contributed by atoms with Gasteiger partial charge in [0.1, 0.15) is 11.4 Å². The van der Waals surface area contributed by atoms with E-state index in [-0.39, 0.29) is 0 Å². The second-order valence-corrected chi connectivity index (χ2v) is 5.46. The maximum absolute atomic E-state index is 5.66.